The van der Waals surface area contributed by atoms with Crippen LogP contribution in [0.3, 0.4) is 0 Å². The number of carbonyl (C=O) groups excluding carboxylic acids is 3. The third-order valence-corrected chi connectivity index (χ3v) is 9.34. The number of amides is 3. The van der Waals surface area contributed by atoms with Crippen LogP contribution < -0.4 is 16.0 Å². The van der Waals surface area contributed by atoms with Crippen molar-refractivity contribution >= 4 is 18.1 Å². The third-order valence-electron chi connectivity index (χ3n) is 9.34. The Morgan fingerprint density at radius 3 is 1.91 bits per heavy atom. The normalized spacial score (nSPS) is 10.9. The summed E-state index contributed by atoms with van der Waals surface area (Å²) in [5, 5.41) is 30.2. The minimum absolute atomic E-state index is 0.230. The minimum Gasteiger partial charge on any atom is -0.336 e. The van der Waals surface area contributed by atoms with Gasteiger partial charge in [-0.05, 0) is 96.4 Å². The molecule has 0 spiro atoms. The van der Waals surface area contributed by atoms with Crippen LogP contribution in [-0.2, 0) is 25.7 Å². The van der Waals surface area contributed by atoms with E-state index in [2.05, 4.69) is 85.8 Å². The number of nitriles is 1. The number of unbranched alkanes of at least 4 members (excludes halogenated alkanes) is 1. The van der Waals surface area contributed by atoms with Crippen molar-refractivity contribution < 1.29 is 14.4 Å². The van der Waals surface area contributed by atoms with Gasteiger partial charge in [-0.3, -0.25) is 0 Å². The standard InChI is InChI=1S/C43H46N10O3/c1-32-26-48-51(29-32)41(54)45-19-6-5-12-34-13-7-16-38(22-34)40-24-35(15-9-21-47-43(56)53-31-37(25-44)28-50-53)17-18-39(40)23-36-27-49-52(30-36)42(55)46-20-8-14-33-10-3-2-4-11-33/h2-4,7,10-11,13,16-18,22,24,26-31H,5-6,8-9,12,14-15,19-21,23H2,1H3,(H,45,54)(H,46,55)(H,47,56). The highest BCUT2D eigenvalue weighted by Gasteiger charge is 2.13. The average Bonchev–Trinajstić information content (AvgIpc) is 4.01. The maximum Gasteiger partial charge on any atom is 0.342 e. The van der Waals surface area contributed by atoms with E-state index in [1.54, 1.807) is 24.8 Å². The summed E-state index contributed by atoms with van der Waals surface area (Å²) in [5.74, 6) is 0. The Morgan fingerprint density at radius 2 is 1.21 bits per heavy atom. The second kappa shape index (κ2) is 19.5. The first-order valence-electron chi connectivity index (χ1n) is 18.9. The Kier molecular flexibility index (Phi) is 13.5. The molecule has 3 aromatic carbocycles. The topological polar surface area (TPSA) is 165 Å². The number of aryl methyl sites for hydroxylation is 4. The molecule has 0 saturated carbocycles. The SMILES string of the molecule is Cc1cnn(C(=O)NCCCCc2cccc(-c3cc(CCCNC(=O)n4cc(C#N)cn4)ccc3Cc3cnn(C(=O)NCCCc4ccccc4)c3)c2)c1. The van der Waals surface area contributed by atoms with Crippen LogP contribution in [0.1, 0.15) is 64.6 Å². The van der Waals surface area contributed by atoms with E-state index < -0.39 is 0 Å². The van der Waals surface area contributed by atoms with Gasteiger partial charge >= 0.3 is 18.1 Å². The Labute approximate surface area is 326 Å². The second-order valence-corrected chi connectivity index (χ2v) is 13.8. The quantitative estimate of drug-likeness (QED) is 0.0930. The molecule has 0 aliphatic heterocycles. The Hall–Kier alpha value is -6.81. The minimum atomic E-state index is -0.379. The summed E-state index contributed by atoms with van der Waals surface area (Å²) in [6.45, 7) is 3.46. The molecule has 0 aliphatic rings. The highest BCUT2D eigenvalue weighted by atomic mass is 16.2. The first-order valence-corrected chi connectivity index (χ1v) is 18.9. The number of hydrogen-bond acceptors (Lipinski definition) is 7. The summed E-state index contributed by atoms with van der Waals surface area (Å²) >= 11 is 0. The fourth-order valence-electron chi connectivity index (χ4n) is 6.41. The first-order chi connectivity index (χ1) is 27.3. The zero-order valence-corrected chi connectivity index (χ0v) is 31.5. The molecule has 0 bridgehead atoms. The Morgan fingerprint density at radius 1 is 0.607 bits per heavy atom. The lowest BCUT2D eigenvalue weighted by atomic mass is 9.91. The lowest BCUT2D eigenvalue weighted by Gasteiger charge is -2.14. The summed E-state index contributed by atoms with van der Waals surface area (Å²) in [6.07, 6.45) is 16.0. The van der Waals surface area contributed by atoms with Crippen LogP contribution in [0.4, 0.5) is 14.4 Å². The molecule has 3 N–H and O–H groups in total. The van der Waals surface area contributed by atoms with Crippen LogP contribution in [0.25, 0.3) is 11.1 Å². The fourth-order valence-corrected chi connectivity index (χ4v) is 6.41. The van der Waals surface area contributed by atoms with Crippen molar-refractivity contribution in [3.63, 3.8) is 0 Å². The number of aromatic nitrogens is 6. The number of rotatable bonds is 16. The molecule has 3 aromatic heterocycles. The molecule has 3 heterocycles. The van der Waals surface area contributed by atoms with Crippen LogP contribution in [0.15, 0.2) is 110 Å². The number of nitrogens with zero attached hydrogens (tertiary/aromatic N) is 7. The summed E-state index contributed by atoms with van der Waals surface area (Å²) in [5.41, 5.74) is 9.03. The van der Waals surface area contributed by atoms with Crippen molar-refractivity contribution in [3.05, 3.63) is 149 Å². The zero-order valence-electron chi connectivity index (χ0n) is 31.5. The summed E-state index contributed by atoms with van der Waals surface area (Å²) in [4.78, 5) is 37.7. The van der Waals surface area contributed by atoms with Gasteiger partial charge in [0.25, 0.3) is 0 Å². The van der Waals surface area contributed by atoms with E-state index in [1.807, 2.05) is 31.2 Å². The van der Waals surface area contributed by atoms with Gasteiger partial charge in [0, 0.05) is 38.4 Å². The van der Waals surface area contributed by atoms with Gasteiger partial charge in [-0.15, -0.1) is 0 Å². The van der Waals surface area contributed by atoms with E-state index in [0.29, 0.717) is 38.0 Å². The fraction of sp³-hybridized carbons (Fsp3) is 0.279. The molecule has 0 radical (unpaired) electrons. The third kappa shape index (κ3) is 11.1. The monoisotopic (exact) mass is 750 g/mol. The average molecular weight is 751 g/mol. The highest BCUT2D eigenvalue weighted by molar-refractivity contribution is 5.77. The molecule has 0 aliphatic carbocycles. The van der Waals surface area contributed by atoms with Crippen molar-refractivity contribution in [1.82, 2.24) is 45.3 Å². The molecular formula is C43H46N10O3. The van der Waals surface area contributed by atoms with Crippen LogP contribution in [-0.4, -0.2) is 67.1 Å². The van der Waals surface area contributed by atoms with Gasteiger partial charge in [-0.2, -0.15) is 34.6 Å². The molecule has 56 heavy (non-hydrogen) atoms. The number of hydrogen-bond donors (Lipinski definition) is 3. The van der Waals surface area contributed by atoms with Gasteiger partial charge in [0.1, 0.15) is 6.07 Å². The van der Waals surface area contributed by atoms with E-state index >= 15 is 0 Å². The summed E-state index contributed by atoms with van der Waals surface area (Å²) in [6, 6.07) is 26.3. The molecule has 6 aromatic rings. The van der Waals surface area contributed by atoms with E-state index in [9.17, 15) is 14.4 Å². The molecule has 6 rings (SSSR count). The van der Waals surface area contributed by atoms with Crippen molar-refractivity contribution in [2.45, 2.75) is 58.3 Å². The lowest BCUT2D eigenvalue weighted by molar-refractivity contribution is 0.238. The predicted octanol–water partition coefficient (Wildman–Crippen LogP) is 6.68. The molecule has 0 unspecified atom stereocenters. The molecule has 13 heteroatoms. The molecule has 3 amide bonds. The lowest BCUT2D eigenvalue weighted by Crippen LogP contribution is -2.29. The summed E-state index contributed by atoms with van der Waals surface area (Å²) in [7, 11) is 0. The van der Waals surface area contributed by atoms with Gasteiger partial charge in [0.2, 0.25) is 0 Å². The smallest absolute Gasteiger partial charge is 0.336 e. The van der Waals surface area contributed by atoms with Crippen molar-refractivity contribution in [2.24, 2.45) is 0 Å². The maximum absolute atomic E-state index is 12.9. The largest absolute Gasteiger partial charge is 0.342 e. The maximum atomic E-state index is 12.9. The van der Waals surface area contributed by atoms with Crippen LogP contribution in [0, 0.1) is 18.3 Å². The molecular weight excluding hydrogens is 705 g/mol. The predicted molar refractivity (Wildman–Crippen MR) is 213 cm³/mol. The van der Waals surface area contributed by atoms with Gasteiger partial charge in [-0.25, -0.2) is 14.4 Å². The molecule has 0 saturated heterocycles. The second-order valence-electron chi connectivity index (χ2n) is 13.8. The zero-order chi connectivity index (χ0) is 39.1. The van der Waals surface area contributed by atoms with E-state index in [-0.39, 0.29) is 18.1 Å². The van der Waals surface area contributed by atoms with Gasteiger partial charge in [0.15, 0.2) is 0 Å². The van der Waals surface area contributed by atoms with Gasteiger partial charge in [0.05, 0.1) is 30.4 Å². The molecule has 0 fully saturated rings. The Balaban J connectivity index is 1.09. The van der Waals surface area contributed by atoms with Crippen molar-refractivity contribution in [1.29, 1.82) is 5.26 Å². The number of nitrogens with one attached hydrogen (secondary N) is 3. The molecule has 13 nitrogen and oxygen atoms in total. The van der Waals surface area contributed by atoms with Crippen molar-refractivity contribution in [2.75, 3.05) is 19.6 Å². The number of carbonyl (C=O) groups is 3. The van der Waals surface area contributed by atoms with Gasteiger partial charge in [-0.1, -0.05) is 72.8 Å². The van der Waals surface area contributed by atoms with E-state index in [1.165, 1.54) is 32.9 Å². The van der Waals surface area contributed by atoms with E-state index in [4.69, 9.17) is 5.26 Å². The first kappa shape index (κ1) is 38.9. The van der Waals surface area contributed by atoms with Crippen LogP contribution in [0.2, 0.25) is 0 Å². The van der Waals surface area contributed by atoms with Crippen LogP contribution in [0.5, 0.6) is 0 Å². The molecule has 286 valence electrons. The molecule has 0 atom stereocenters. The van der Waals surface area contributed by atoms with Crippen LogP contribution >= 0.6 is 0 Å². The Bertz CT molecular complexity index is 2280. The van der Waals surface area contributed by atoms with E-state index in [0.717, 1.165) is 76.6 Å². The summed E-state index contributed by atoms with van der Waals surface area (Å²) < 4.78 is 3.82. The highest BCUT2D eigenvalue weighted by Crippen LogP contribution is 2.29. The number of benzene rings is 3. The van der Waals surface area contributed by atoms with Crippen molar-refractivity contribution in [3.8, 4) is 17.2 Å². The van der Waals surface area contributed by atoms with Gasteiger partial charge < -0.3 is 16.0 Å².